The Morgan fingerprint density at radius 3 is 2.30 bits per heavy atom. The first-order valence-corrected chi connectivity index (χ1v) is 7.44. The van der Waals surface area contributed by atoms with Gasteiger partial charge in [0.1, 0.15) is 6.04 Å². The number of amides is 2. The Kier molecular flexibility index (Phi) is 6.14. The minimum absolute atomic E-state index is 0.0131. The first-order valence-electron chi connectivity index (χ1n) is 7.44. The molecular formula is C17H23N3O3. The Morgan fingerprint density at radius 1 is 1.30 bits per heavy atom. The van der Waals surface area contributed by atoms with Crippen LogP contribution in [0.2, 0.25) is 0 Å². The van der Waals surface area contributed by atoms with Crippen molar-refractivity contribution in [2.45, 2.75) is 45.6 Å². The second-order valence-electron chi connectivity index (χ2n) is 6.37. The van der Waals surface area contributed by atoms with Gasteiger partial charge in [-0.15, -0.1) is 0 Å². The van der Waals surface area contributed by atoms with Crippen LogP contribution in [0, 0.1) is 11.3 Å². The molecule has 1 aromatic rings. The van der Waals surface area contributed by atoms with Gasteiger partial charge >= 0.3 is 12.0 Å². The van der Waals surface area contributed by atoms with E-state index in [1.807, 2.05) is 18.2 Å². The standard InChI is InChI=1S/C17H23N3O3/c1-12(15(21)22)20(11-5-10-18)16(23)19-14-8-6-13(7-9-14)17(2,3)4/h6-9,12H,5,11H2,1-4H3,(H,19,23)(H,21,22). The van der Waals surface area contributed by atoms with Crippen molar-refractivity contribution in [1.29, 1.82) is 5.26 Å². The molecule has 6 nitrogen and oxygen atoms in total. The predicted molar refractivity (Wildman–Crippen MR) is 88.2 cm³/mol. The van der Waals surface area contributed by atoms with Crippen molar-refractivity contribution in [3.8, 4) is 6.07 Å². The molecule has 0 radical (unpaired) electrons. The molecule has 1 unspecified atom stereocenters. The van der Waals surface area contributed by atoms with Gasteiger partial charge < -0.3 is 15.3 Å². The van der Waals surface area contributed by atoms with E-state index in [-0.39, 0.29) is 18.4 Å². The van der Waals surface area contributed by atoms with E-state index in [9.17, 15) is 9.59 Å². The molecule has 0 aliphatic carbocycles. The van der Waals surface area contributed by atoms with E-state index in [4.69, 9.17) is 10.4 Å². The minimum atomic E-state index is -1.11. The monoisotopic (exact) mass is 317 g/mol. The van der Waals surface area contributed by atoms with Crippen LogP contribution in [0.4, 0.5) is 10.5 Å². The summed E-state index contributed by atoms with van der Waals surface area (Å²) in [6.45, 7) is 7.77. The molecule has 1 rings (SSSR count). The van der Waals surface area contributed by atoms with E-state index in [2.05, 4.69) is 26.1 Å². The topological polar surface area (TPSA) is 93.4 Å². The molecule has 0 aromatic heterocycles. The number of anilines is 1. The molecule has 23 heavy (non-hydrogen) atoms. The Morgan fingerprint density at radius 2 is 1.87 bits per heavy atom. The molecule has 0 saturated carbocycles. The highest BCUT2D eigenvalue weighted by molar-refractivity contribution is 5.92. The van der Waals surface area contributed by atoms with Crippen LogP contribution in [0.5, 0.6) is 0 Å². The summed E-state index contributed by atoms with van der Waals surface area (Å²) >= 11 is 0. The summed E-state index contributed by atoms with van der Waals surface area (Å²) in [6, 6.07) is 7.81. The number of carboxylic acid groups (broad SMARTS) is 1. The normalized spacial score (nSPS) is 12.1. The van der Waals surface area contributed by atoms with Crippen molar-refractivity contribution >= 4 is 17.7 Å². The molecule has 0 saturated heterocycles. The number of urea groups is 1. The largest absolute Gasteiger partial charge is 0.480 e. The maximum atomic E-state index is 12.3. The third-order valence-electron chi connectivity index (χ3n) is 3.55. The molecule has 0 spiro atoms. The number of rotatable bonds is 5. The number of nitriles is 1. The second kappa shape index (κ2) is 7.63. The molecule has 1 aromatic carbocycles. The maximum absolute atomic E-state index is 12.3. The van der Waals surface area contributed by atoms with Gasteiger partial charge in [-0.1, -0.05) is 32.9 Å². The number of hydrogen-bond donors (Lipinski definition) is 2. The zero-order valence-corrected chi connectivity index (χ0v) is 14.0. The Balaban J connectivity index is 2.85. The number of carbonyl (C=O) groups is 2. The van der Waals surface area contributed by atoms with Gasteiger partial charge in [0.15, 0.2) is 0 Å². The summed E-state index contributed by atoms with van der Waals surface area (Å²) in [4.78, 5) is 24.5. The lowest BCUT2D eigenvalue weighted by Crippen LogP contribution is -2.45. The fourth-order valence-corrected chi connectivity index (χ4v) is 2.02. The van der Waals surface area contributed by atoms with Crippen molar-refractivity contribution in [2.24, 2.45) is 0 Å². The van der Waals surface area contributed by atoms with E-state index in [0.29, 0.717) is 5.69 Å². The van der Waals surface area contributed by atoms with E-state index in [1.165, 1.54) is 6.92 Å². The predicted octanol–water partition coefficient (Wildman–Crippen LogP) is 3.20. The van der Waals surface area contributed by atoms with Crippen molar-refractivity contribution in [2.75, 3.05) is 11.9 Å². The van der Waals surface area contributed by atoms with Gasteiger partial charge in [0.2, 0.25) is 0 Å². The lowest BCUT2D eigenvalue weighted by Gasteiger charge is -2.26. The number of aliphatic carboxylic acids is 1. The molecule has 0 heterocycles. The minimum Gasteiger partial charge on any atom is -0.480 e. The molecular weight excluding hydrogens is 294 g/mol. The summed E-state index contributed by atoms with van der Waals surface area (Å²) in [6.07, 6.45) is 0.0774. The van der Waals surface area contributed by atoms with Gasteiger partial charge in [-0.25, -0.2) is 9.59 Å². The Bertz CT molecular complexity index is 597. The van der Waals surface area contributed by atoms with Gasteiger partial charge in [0.05, 0.1) is 12.5 Å². The molecule has 2 N–H and O–H groups in total. The smallest absolute Gasteiger partial charge is 0.326 e. The first kappa shape index (κ1) is 18.5. The molecule has 1 atom stereocenters. The fraction of sp³-hybridized carbons (Fsp3) is 0.471. The van der Waals surface area contributed by atoms with Crippen LogP contribution in [-0.2, 0) is 10.2 Å². The van der Waals surface area contributed by atoms with E-state index < -0.39 is 18.0 Å². The van der Waals surface area contributed by atoms with E-state index in [0.717, 1.165) is 10.5 Å². The molecule has 2 amide bonds. The molecule has 0 bridgehead atoms. The molecule has 124 valence electrons. The number of carbonyl (C=O) groups excluding carboxylic acids is 1. The summed E-state index contributed by atoms with van der Waals surface area (Å²) in [7, 11) is 0. The third-order valence-corrected chi connectivity index (χ3v) is 3.55. The van der Waals surface area contributed by atoms with Crippen LogP contribution in [0.3, 0.4) is 0 Å². The van der Waals surface area contributed by atoms with Gasteiger partial charge in [0, 0.05) is 12.2 Å². The van der Waals surface area contributed by atoms with Crippen LogP contribution in [0.25, 0.3) is 0 Å². The number of carboxylic acids is 1. The Hall–Kier alpha value is -2.55. The van der Waals surface area contributed by atoms with Crippen LogP contribution in [-0.4, -0.2) is 34.6 Å². The average molecular weight is 317 g/mol. The van der Waals surface area contributed by atoms with Crippen LogP contribution in [0.15, 0.2) is 24.3 Å². The summed E-state index contributed by atoms with van der Waals surface area (Å²) in [5, 5.41) is 20.4. The van der Waals surface area contributed by atoms with E-state index in [1.54, 1.807) is 12.1 Å². The highest BCUT2D eigenvalue weighted by atomic mass is 16.4. The van der Waals surface area contributed by atoms with Crippen molar-refractivity contribution in [3.05, 3.63) is 29.8 Å². The van der Waals surface area contributed by atoms with Gasteiger partial charge in [-0.3, -0.25) is 0 Å². The van der Waals surface area contributed by atoms with Gasteiger partial charge in [0.25, 0.3) is 0 Å². The SMILES string of the molecule is CC(C(=O)O)N(CCC#N)C(=O)Nc1ccc(C(C)(C)C)cc1. The first-order chi connectivity index (χ1) is 10.7. The fourth-order valence-electron chi connectivity index (χ4n) is 2.02. The average Bonchev–Trinajstić information content (AvgIpc) is 2.46. The molecule has 0 fully saturated rings. The number of nitrogens with one attached hydrogen (secondary N) is 1. The van der Waals surface area contributed by atoms with Crippen LogP contribution < -0.4 is 5.32 Å². The highest BCUT2D eigenvalue weighted by Crippen LogP contribution is 2.23. The number of hydrogen-bond acceptors (Lipinski definition) is 3. The lowest BCUT2D eigenvalue weighted by atomic mass is 9.87. The molecule has 6 heteroatoms. The lowest BCUT2D eigenvalue weighted by molar-refractivity contribution is -0.141. The quantitative estimate of drug-likeness (QED) is 0.872. The zero-order valence-electron chi connectivity index (χ0n) is 14.0. The van der Waals surface area contributed by atoms with Crippen molar-refractivity contribution < 1.29 is 14.7 Å². The number of nitrogens with zero attached hydrogens (tertiary/aromatic N) is 2. The molecule has 0 aliphatic rings. The van der Waals surface area contributed by atoms with Gasteiger partial charge in [-0.2, -0.15) is 5.26 Å². The van der Waals surface area contributed by atoms with Crippen LogP contribution in [0.1, 0.15) is 39.7 Å². The zero-order chi connectivity index (χ0) is 17.6. The molecule has 0 aliphatic heterocycles. The summed E-state index contributed by atoms with van der Waals surface area (Å²) in [5.41, 5.74) is 1.73. The van der Waals surface area contributed by atoms with Crippen LogP contribution >= 0.6 is 0 Å². The Labute approximate surface area is 136 Å². The summed E-state index contributed by atoms with van der Waals surface area (Å²) in [5.74, 6) is -1.11. The number of benzene rings is 1. The van der Waals surface area contributed by atoms with Gasteiger partial charge in [-0.05, 0) is 30.0 Å². The van der Waals surface area contributed by atoms with Crippen molar-refractivity contribution in [3.63, 3.8) is 0 Å². The third kappa shape index (κ3) is 5.29. The maximum Gasteiger partial charge on any atom is 0.326 e. The second-order valence-corrected chi connectivity index (χ2v) is 6.37. The van der Waals surface area contributed by atoms with Crippen molar-refractivity contribution in [1.82, 2.24) is 4.90 Å². The van der Waals surface area contributed by atoms with E-state index >= 15 is 0 Å². The summed E-state index contributed by atoms with van der Waals surface area (Å²) < 4.78 is 0. The highest BCUT2D eigenvalue weighted by Gasteiger charge is 2.25.